The SMILES string of the molecule is C=CC(=C)SC(=C)Br. The third-order valence-corrected chi connectivity index (χ3v) is 1.61. The van der Waals surface area contributed by atoms with Gasteiger partial charge in [-0.05, 0) is 15.9 Å². The Kier molecular flexibility index (Phi) is 4.01. The van der Waals surface area contributed by atoms with Crippen LogP contribution in [-0.2, 0) is 0 Å². The minimum atomic E-state index is 0.863. The summed E-state index contributed by atoms with van der Waals surface area (Å²) in [5.74, 6) is 0. The van der Waals surface area contributed by atoms with E-state index in [1.165, 1.54) is 11.8 Å². The van der Waals surface area contributed by atoms with Gasteiger partial charge in [-0.3, -0.25) is 0 Å². The molecule has 0 fully saturated rings. The summed E-state index contributed by atoms with van der Waals surface area (Å²) < 4.78 is 0.863. The molecule has 0 N–H and O–H groups in total. The standard InChI is InChI=1S/C6H7BrS/c1-4-5(2)8-6(3)7/h4H,1-3H2. The zero-order valence-corrected chi connectivity index (χ0v) is 6.89. The molecule has 0 aromatic rings. The van der Waals surface area contributed by atoms with E-state index >= 15 is 0 Å². The van der Waals surface area contributed by atoms with Crippen molar-refractivity contribution in [3.05, 3.63) is 34.5 Å². The van der Waals surface area contributed by atoms with Crippen LogP contribution in [0.25, 0.3) is 0 Å². The molecule has 2 heteroatoms. The van der Waals surface area contributed by atoms with Gasteiger partial charge in [-0.1, -0.05) is 37.6 Å². The molecular weight excluding hydrogens is 184 g/mol. The van der Waals surface area contributed by atoms with Crippen LogP contribution in [0.5, 0.6) is 0 Å². The second-order valence-electron chi connectivity index (χ2n) is 1.13. The van der Waals surface area contributed by atoms with Gasteiger partial charge in [0, 0.05) is 8.72 Å². The summed E-state index contributed by atoms with van der Waals surface area (Å²) in [6.07, 6.45) is 1.69. The lowest BCUT2D eigenvalue weighted by molar-refractivity contribution is 2.05. The molecule has 0 radical (unpaired) electrons. The molecule has 0 aliphatic rings. The molecule has 0 atom stereocenters. The fourth-order valence-electron chi connectivity index (χ4n) is 0.184. The molecule has 0 aromatic heterocycles. The lowest BCUT2D eigenvalue weighted by Gasteiger charge is -1.92. The highest BCUT2D eigenvalue weighted by atomic mass is 79.9. The van der Waals surface area contributed by atoms with Crippen molar-refractivity contribution in [2.24, 2.45) is 0 Å². The Bertz CT molecular complexity index is 126. The fourth-order valence-corrected chi connectivity index (χ4v) is 1.18. The van der Waals surface area contributed by atoms with Crippen LogP contribution in [0.15, 0.2) is 34.5 Å². The van der Waals surface area contributed by atoms with Gasteiger partial charge in [-0.15, -0.1) is 0 Å². The molecule has 0 saturated heterocycles. The van der Waals surface area contributed by atoms with E-state index in [1.807, 2.05) is 0 Å². The molecule has 0 aliphatic heterocycles. The van der Waals surface area contributed by atoms with E-state index in [0.717, 1.165) is 8.72 Å². The van der Waals surface area contributed by atoms with Crippen LogP contribution in [0, 0.1) is 0 Å². The highest BCUT2D eigenvalue weighted by molar-refractivity contribution is 9.14. The maximum Gasteiger partial charge on any atom is 0.0479 e. The monoisotopic (exact) mass is 190 g/mol. The number of thioether (sulfide) groups is 1. The summed E-state index contributed by atoms with van der Waals surface area (Å²) in [4.78, 5) is 0.909. The molecule has 0 unspecified atom stereocenters. The Morgan fingerprint density at radius 3 is 2.12 bits per heavy atom. The van der Waals surface area contributed by atoms with Crippen LogP contribution in [0.3, 0.4) is 0 Å². The maximum atomic E-state index is 3.67. The molecule has 0 aliphatic carbocycles. The van der Waals surface area contributed by atoms with Crippen LogP contribution in [0.1, 0.15) is 0 Å². The minimum Gasteiger partial charge on any atom is -0.0980 e. The zero-order valence-electron chi connectivity index (χ0n) is 4.48. The zero-order chi connectivity index (χ0) is 6.57. The quantitative estimate of drug-likeness (QED) is 0.617. The Balaban J connectivity index is 3.55. The summed E-state index contributed by atoms with van der Waals surface area (Å²) >= 11 is 4.64. The van der Waals surface area contributed by atoms with Gasteiger partial charge in [0.2, 0.25) is 0 Å². The third kappa shape index (κ3) is 4.22. The topological polar surface area (TPSA) is 0 Å². The lowest BCUT2D eigenvalue weighted by atomic mass is 10.6. The summed E-state index contributed by atoms with van der Waals surface area (Å²) in [7, 11) is 0. The molecular formula is C6H7BrS. The first-order valence-electron chi connectivity index (χ1n) is 2.00. The molecule has 8 heavy (non-hydrogen) atoms. The van der Waals surface area contributed by atoms with Gasteiger partial charge >= 0.3 is 0 Å². The fraction of sp³-hybridized carbons (Fsp3) is 0. The maximum absolute atomic E-state index is 3.67. The van der Waals surface area contributed by atoms with Crippen LogP contribution in [-0.4, -0.2) is 0 Å². The van der Waals surface area contributed by atoms with Crippen molar-refractivity contribution in [3.8, 4) is 0 Å². The van der Waals surface area contributed by atoms with Crippen molar-refractivity contribution in [1.29, 1.82) is 0 Å². The van der Waals surface area contributed by atoms with E-state index in [-0.39, 0.29) is 0 Å². The smallest absolute Gasteiger partial charge is 0.0479 e. The second-order valence-corrected chi connectivity index (χ2v) is 3.83. The molecule has 0 bridgehead atoms. The minimum absolute atomic E-state index is 0.863. The van der Waals surface area contributed by atoms with Crippen molar-refractivity contribution in [2.75, 3.05) is 0 Å². The van der Waals surface area contributed by atoms with E-state index in [0.29, 0.717) is 0 Å². The molecule has 0 heterocycles. The Labute approximate surface area is 62.5 Å². The molecule has 44 valence electrons. The van der Waals surface area contributed by atoms with E-state index in [2.05, 4.69) is 35.7 Å². The average molecular weight is 191 g/mol. The number of allylic oxidation sites excluding steroid dienone is 1. The largest absolute Gasteiger partial charge is 0.0980 e. The number of hydrogen-bond acceptors (Lipinski definition) is 1. The van der Waals surface area contributed by atoms with Crippen LogP contribution in [0.4, 0.5) is 0 Å². The first-order valence-corrected chi connectivity index (χ1v) is 3.61. The van der Waals surface area contributed by atoms with Crippen LogP contribution < -0.4 is 0 Å². The number of halogens is 1. The normalized spacial score (nSPS) is 8.12. The van der Waals surface area contributed by atoms with Gasteiger partial charge in [0.25, 0.3) is 0 Å². The highest BCUT2D eigenvalue weighted by Crippen LogP contribution is 2.26. The van der Waals surface area contributed by atoms with Gasteiger partial charge in [0.15, 0.2) is 0 Å². The van der Waals surface area contributed by atoms with Crippen molar-refractivity contribution in [3.63, 3.8) is 0 Å². The average Bonchev–Trinajstić information content (AvgIpc) is 1.65. The van der Waals surface area contributed by atoms with Gasteiger partial charge < -0.3 is 0 Å². The van der Waals surface area contributed by atoms with E-state index < -0.39 is 0 Å². The third-order valence-electron chi connectivity index (χ3n) is 0.470. The molecule has 0 nitrogen and oxygen atoms in total. The predicted molar refractivity (Wildman–Crippen MR) is 45.0 cm³/mol. The van der Waals surface area contributed by atoms with Gasteiger partial charge in [0.05, 0.1) is 0 Å². The second kappa shape index (κ2) is 3.98. The highest BCUT2D eigenvalue weighted by Gasteiger charge is 1.87. The molecule has 0 saturated carbocycles. The summed E-state index contributed by atoms with van der Waals surface area (Å²) in [5, 5.41) is 0. The van der Waals surface area contributed by atoms with Crippen LogP contribution >= 0.6 is 27.7 Å². The van der Waals surface area contributed by atoms with E-state index in [1.54, 1.807) is 6.08 Å². The van der Waals surface area contributed by atoms with E-state index in [9.17, 15) is 0 Å². The molecule has 0 aromatic carbocycles. The van der Waals surface area contributed by atoms with Gasteiger partial charge in [-0.2, -0.15) is 0 Å². The summed E-state index contributed by atoms with van der Waals surface area (Å²) in [5.41, 5.74) is 0. The van der Waals surface area contributed by atoms with Crippen molar-refractivity contribution >= 4 is 27.7 Å². The van der Waals surface area contributed by atoms with Gasteiger partial charge in [0.1, 0.15) is 0 Å². The first kappa shape index (κ1) is 8.05. The van der Waals surface area contributed by atoms with Crippen molar-refractivity contribution in [1.82, 2.24) is 0 Å². The van der Waals surface area contributed by atoms with Crippen LogP contribution in [0.2, 0.25) is 0 Å². The van der Waals surface area contributed by atoms with Crippen molar-refractivity contribution < 1.29 is 0 Å². The Morgan fingerprint density at radius 1 is 1.50 bits per heavy atom. The number of rotatable bonds is 3. The Morgan fingerprint density at radius 2 is 2.00 bits per heavy atom. The molecule has 0 rings (SSSR count). The van der Waals surface area contributed by atoms with E-state index in [4.69, 9.17) is 0 Å². The van der Waals surface area contributed by atoms with Crippen molar-refractivity contribution in [2.45, 2.75) is 0 Å². The first-order chi connectivity index (χ1) is 3.66. The summed E-state index contributed by atoms with van der Waals surface area (Å²) in [6, 6.07) is 0. The molecule has 0 spiro atoms. The number of hydrogen-bond donors (Lipinski definition) is 0. The summed E-state index contributed by atoms with van der Waals surface area (Å²) in [6.45, 7) is 10.8. The Hall–Kier alpha value is 0.0500. The van der Waals surface area contributed by atoms with Gasteiger partial charge in [-0.25, -0.2) is 0 Å². The predicted octanol–water partition coefficient (Wildman–Crippen LogP) is 3.29. The molecule has 0 amide bonds. The lowest BCUT2D eigenvalue weighted by Crippen LogP contribution is -1.59.